The number of benzene rings is 4. The highest BCUT2D eigenvalue weighted by molar-refractivity contribution is 6.35. The molecule has 3 N–H and O–H groups in total. The van der Waals surface area contributed by atoms with Crippen LogP contribution in [0.25, 0.3) is 33.4 Å². The predicted octanol–water partition coefficient (Wildman–Crippen LogP) is 10.2. The number of likely N-dealkylation sites (tertiary alicyclic amines) is 1. The van der Waals surface area contributed by atoms with Crippen molar-refractivity contribution in [1.29, 1.82) is 0 Å². The van der Waals surface area contributed by atoms with Crippen molar-refractivity contribution < 1.29 is 19.5 Å². The molecule has 0 aliphatic carbocycles. The lowest BCUT2D eigenvalue weighted by Crippen LogP contribution is -2.49. The maximum atomic E-state index is 14.8. The molecular weight excluding hydrogens is 771 g/mol. The molecule has 10 nitrogen and oxygen atoms in total. The monoisotopic (exact) mass is 808 g/mol. The molecule has 6 aromatic rings. The van der Waals surface area contributed by atoms with E-state index < -0.39 is 11.9 Å². The van der Waals surface area contributed by atoms with Crippen LogP contribution in [0, 0.1) is 0 Å². The van der Waals surface area contributed by atoms with Crippen LogP contribution in [0.1, 0.15) is 71.5 Å². The Morgan fingerprint density at radius 3 is 2.39 bits per heavy atom. The summed E-state index contributed by atoms with van der Waals surface area (Å²) in [4.78, 5) is 52.2. The van der Waals surface area contributed by atoms with Crippen LogP contribution < -0.4 is 10.2 Å². The molecule has 13 heteroatoms. The van der Waals surface area contributed by atoms with E-state index >= 15 is 0 Å². The molecular formula is C43H39Cl3N6O4. The van der Waals surface area contributed by atoms with E-state index in [0.717, 1.165) is 48.7 Å². The number of carboxylic acid groups (broad SMARTS) is 1. The zero-order chi connectivity index (χ0) is 39.1. The van der Waals surface area contributed by atoms with Crippen molar-refractivity contribution in [3.05, 3.63) is 123 Å². The fourth-order valence-electron chi connectivity index (χ4n) is 8.15. The van der Waals surface area contributed by atoms with Crippen molar-refractivity contribution in [2.75, 3.05) is 29.9 Å². The highest BCUT2D eigenvalue weighted by Crippen LogP contribution is 2.43. The smallest absolute Gasteiger partial charge is 0.335 e. The summed E-state index contributed by atoms with van der Waals surface area (Å²) in [6.45, 7) is 4.08. The number of carboxylic acids is 1. The molecule has 2 saturated heterocycles. The second-order valence-electron chi connectivity index (χ2n) is 14.4. The van der Waals surface area contributed by atoms with Crippen LogP contribution in [0.15, 0.2) is 91.3 Å². The van der Waals surface area contributed by atoms with Gasteiger partial charge in [-0.05, 0) is 80.6 Å². The van der Waals surface area contributed by atoms with Gasteiger partial charge in [0, 0.05) is 69.2 Å². The van der Waals surface area contributed by atoms with E-state index in [0.29, 0.717) is 68.4 Å². The first-order valence-electron chi connectivity index (χ1n) is 18.7. The number of aromatic carboxylic acids is 1. The van der Waals surface area contributed by atoms with Crippen LogP contribution in [0.5, 0.6) is 0 Å². The summed E-state index contributed by atoms with van der Waals surface area (Å²) in [5.74, 6) is -1.37. The number of imidazole rings is 1. The number of amides is 2. The standard InChI is InChI=1S/C43H39Cl3N6O4/c1-25(31-13-11-28(44)22-33(31)46)52-24-47-39(26-7-3-2-4-8-26)41(52)38-32-14-12-29(45)23-34(32)48-40(38)42(54)49-35-21-27(43(55)56)10-15-36(35)50-19-16-30(17-20-50)51-18-6-5-9-37(51)53/h2-4,7-8,10-15,21-25,30,48H,5-6,9,16-20H2,1H3,(H,49,54)(H,55,56). The molecule has 0 saturated carbocycles. The van der Waals surface area contributed by atoms with Gasteiger partial charge in [-0.1, -0.05) is 77.3 Å². The van der Waals surface area contributed by atoms with E-state index in [-0.39, 0.29) is 29.2 Å². The van der Waals surface area contributed by atoms with Gasteiger partial charge in [0.25, 0.3) is 5.91 Å². The minimum Gasteiger partial charge on any atom is -0.478 e. The lowest BCUT2D eigenvalue weighted by molar-refractivity contribution is -0.136. The lowest BCUT2D eigenvalue weighted by atomic mass is 9.98. The second kappa shape index (κ2) is 15.7. The van der Waals surface area contributed by atoms with Crippen LogP contribution in [0.3, 0.4) is 0 Å². The Labute approximate surface area is 339 Å². The Morgan fingerprint density at radius 1 is 0.911 bits per heavy atom. The van der Waals surface area contributed by atoms with E-state index in [4.69, 9.17) is 39.8 Å². The topological polar surface area (TPSA) is 124 Å². The largest absolute Gasteiger partial charge is 0.478 e. The molecule has 4 aromatic carbocycles. The number of nitrogens with zero attached hydrogens (tertiary/aromatic N) is 4. The molecule has 0 radical (unpaired) electrons. The number of fused-ring (bicyclic) bond motifs is 1. The van der Waals surface area contributed by atoms with Gasteiger partial charge in [-0.3, -0.25) is 9.59 Å². The van der Waals surface area contributed by atoms with Crippen molar-refractivity contribution >= 4 is 74.9 Å². The van der Waals surface area contributed by atoms with E-state index in [1.165, 1.54) is 6.07 Å². The Hall–Kier alpha value is -5.29. The molecule has 0 bridgehead atoms. The summed E-state index contributed by atoms with van der Waals surface area (Å²) in [6, 6.07) is 25.2. The Kier molecular flexibility index (Phi) is 10.5. The molecule has 0 spiro atoms. The van der Waals surface area contributed by atoms with Gasteiger partial charge in [0.1, 0.15) is 5.69 Å². The van der Waals surface area contributed by atoms with Gasteiger partial charge in [-0.2, -0.15) is 0 Å². The van der Waals surface area contributed by atoms with Crippen LogP contribution in [0.2, 0.25) is 15.1 Å². The van der Waals surface area contributed by atoms with Crippen LogP contribution in [-0.2, 0) is 4.79 Å². The summed E-state index contributed by atoms with van der Waals surface area (Å²) >= 11 is 19.6. The average Bonchev–Trinajstić information content (AvgIpc) is 3.80. The Balaban J connectivity index is 1.22. The van der Waals surface area contributed by atoms with Crippen molar-refractivity contribution in [3.8, 4) is 22.5 Å². The fourth-order valence-corrected chi connectivity index (χ4v) is 8.89. The number of H-pyrrole nitrogens is 1. The minimum absolute atomic E-state index is 0.0413. The van der Waals surface area contributed by atoms with E-state index in [2.05, 4.69) is 15.2 Å². The molecule has 1 atom stereocenters. The number of carbonyl (C=O) groups is 3. The number of hydrogen-bond donors (Lipinski definition) is 3. The maximum Gasteiger partial charge on any atom is 0.335 e. The second-order valence-corrected chi connectivity index (χ2v) is 15.7. The number of nitrogens with one attached hydrogen (secondary N) is 2. The summed E-state index contributed by atoms with van der Waals surface area (Å²) < 4.78 is 2.00. The van der Waals surface area contributed by atoms with Gasteiger partial charge < -0.3 is 29.8 Å². The Morgan fingerprint density at radius 2 is 1.66 bits per heavy atom. The number of aromatic nitrogens is 3. The number of aromatic amines is 1. The summed E-state index contributed by atoms with van der Waals surface area (Å²) in [5.41, 5.74) is 5.54. The number of carbonyl (C=O) groups excluding carboxylic acids is 2. The minimum atomic E-state index is -1.11. The van der Waals surface area contributed by atoms with Gasteiger partial charge in [0.2, 0.25) is 5.91 Å². The van der Waals surface area contributed by atoms with Gasteiger partial charge >= 0.3 is 5.97 Å². The van der Waals surface area contributed by atoms with Crippen LogP contribution in [-0.4, -0.2) is 68.0 Å². The number of hydrogen-bond acceptors (Lipinski definition) is 5. The van der Waals surface area contributed by atoms with Gasteiger partial charge in [-0.15, -0.1) is 0 Å². The fraction of sp³-hybridized carbons (Fsp3) is 0.256. The van der Waals surface area contributed by atoms with E-state index in [1.807, 2.05) is 58.9 Å². The quantitative estimate of drug-likeness (QED) is 0.134. The number of anilines is 2. The first kappa shape index (κ1) is 37.6. The molecule has 56 heavy (non-hydrogen) atoms. The molecule has 2 fully saturated rings. The van der Waals surface area contributed by atoms with Crippen molar-refractivity contribution in [1.82, 2.24) is 19.4 Å². The van der Waals surface area contributed by atoms with Crippen molar-refractivity contribution in [2.45, 2.75) is 51.1 Å². The van der Waals surface area contributed by atoms with E-state index in [1.54, 1.807) is 42.7 Å². The third-order valence-electron chi connectivity index (χ3n) is 11.0. The predicted molar refractivity (Wildman–Crippen MR) is 222 cm³/mol. The normalized spacial score (nSPS) is 15.7. The van der Waals surface area contributed by atoms with Crippen LogP contribution >= 0.6 is 34.8 Å². The average molecular weight is 810 g/mol. The first-order valence-corrected chi connectivity index (χ1v) is 19.8. The first-order chi connectivity index (χ1) is 27.1. The third-order valence-corrected chi connectivity index (χ3v) is 11.8. The molecule has 8 rings (SSSR count). The number of piperidine rings is 2. The maximum absolute atomic E-state index is 14.8. The highest BCUT2D eigenvalue weighted by Gasteiger charge is 2.32. The van der Waals surface area contributed by atoms with Crippen molar-refractivity contribution in [2.24, 2.45) is 0 Å². The summed E-state index contributed by atoms with van der Waals surface area (Å²) in [5, 5.41) is 15.3. The lowest BCUT2D eigenvalue weighted by Gasteiger charge is -2.41. The highest BCUT2D eigenvalue weighted by atomic mass is 35.5. The van der Waals surface area contributed by atoms with E-state index in [9.17, 15) is 19.5 Å². The number of rotatable bonds is 9. The van der Waals surface area contributed by atoms with Gasteiger partial charge in [-0.25, -0.2) is 9.78 Å². The van der Waals surface area contributed by atoms with Gasteiger partial charge in [0.05, 0.1) is 40.7 Å². The summed E-state index contributed by atoms with van der Waals surface area (Å²) in [6.07, 6.45) is 5.84. The molecule has 2 aliphatic rings. The molecule has 2 amide bonds. The summed E-state index contributed by atoms with van der Waals surface area (Å²) in [7, 11) is 0. The SMILES string of the molecule is CC(c1ccc(Cl)cc1Cl)n1cnc(-c2ccccc2)c1-c1c(C(=O)Nc2cc(C(=O)O)ccc2N2CCC(N3CCCCC3=O)CC2)[nH]c2cc(Cl)ccc12. The zero-order valence-electron chi connectivity index (χ0n) is 30.6. The van der Waals surface area contributed by atoms with Gasteiger partial charge in [0.15, 0.2) is 0 Å². The zero-order valence-corrected chi connectivity index (χ0v) is 32.8. The Bertz CT molecular complexity index is 2470. The molecule has 2 aliphatic heterocycles. The molecule has 4 heterocycles. The molecule has 286 valence electrons. The van der Waals surface area contributed by atoms with Crippen molar-refractivity contribution in [3.63, 3.8) is 0 Å². The molecule has 1 unspecified atom stereocenters. The third kappa shape index (κ3) is 7.24. The molecule has 2 aromatic heterocycles. The number of halogens is 3. The van der Waals surface area contributed by atoms with Crippen LogP contribution in [0.4, 0.5) is 11.4 Å².